The maximum Gasteiger partial charge on any atom is 0.122 e. The van der Waals surface area contributed by atoms with Gasteiger partial charge in [0.25, 0.3) is 0 Å². The van der Waals surface area contributed by atoms with Crippen molar-refractivity contribution in [1.82, 2.24) is 5.32 Å². The van der Waals surface area contributed by atoms with Crippen molar-refractivity contribution in [2.24, 2.45) is 0 Å². The molecule has 0 bridgehead atoms. The molecular weight excluding hydrogens is 322 g/mol. The molecule has 20 heavy (non-hydrogen) atoms. The first-order valence-electron chi connectivity index (χ1n) is 6.99. The van der Waals surface area contributed by atoms with E-state index in [1.807, 2.05) is 12.1 Å². The molecule has 0 spiro atoms. The van der Waals surface area contributed by atoms with Gasteiger partial charge in [-0.05, 0) is 36.7 Å². The summed E-state index contributed by atoms with van der Waals surface area (Å²) >= 11 is 3.52. The van der Waals surface area contributed by atoms with E-state index in [1.165, 1.54) is 5.56 Å². The molecular formula is C15H22BrNO3. The van der Waals surface area contributed by atoms with Gasteiger partial charge >= 0.3 is 0 Å². The first kappa shape index (κ1) is 15.8. The second kappa shape index (κ2) is 7.98. The van der Waals surface area contributed by atoms with E-state index in [1.54, 1.807) is 7.11 Å². The van der Waals surface area contributed by atoms with Crippen molar-refractivity contribution in [2.75, 3.05) is 33.5 Å². The van der Waals surface area contributed by atoms with Crippen LogP contribution in [0.25, 0.3) is 0 Å². The topological polar surface area (TPSA) is 39.7 Å². The molecule has 2 rings (SSSR count). The van der Waals surface area contributed by atoms with E-state index in [-0.39, 0.29) is 12.1 Å². The summed E-state index contributed by atoms with van der Waals surface area (Å²) in [6.45, 7) is 5.02. The molecule has 1 fully saturated rings. The summed E-state index contributed by atoms with van der Waals surface area (Å²) < 4.78 is 17.9. The van der Waals surface area contributed by atoms with Gasteiger partial charge in [-0.25, -0.2) is 0 Å². The van der Waals surface area contributed by atoms with Gasteiger partial charge in [0.05, 0.1) is 33.0 Å². The maximum absolute atomic E-state index is 5.83. The average molecular weight is 344 g/mol. The second-order valence-electron chi connectivity index (χ2n) is 4.81. The van der Waals surface area contributed by atoms with Gasteiger partial charge in [0.15, 0.2) is 0 Å². The summed E-state index contributed by atoms with van der Waals surface area (Å²) in [6.07, 6.45) is 0.942. The Morgan fingerprint density at radius 3 is 2.95 bits per heavy atom. The fraction of sp³-hybridized carbons (Fsp3) is 0.600. The lowest BCUT2D eigenvalue weighted by Crippen LogP contribution is -2.47. The highest BCUT2D eigenvalue weighted by Crippen LogP contribution is 2.25. The van der Waals surface area contributed by atoms with Gasteiger partial charge in [-0.1, -0.05) is 22.9 Å². The van der Waals surface area contributed by atoms with E-state index in [0.29, 0.717) is 19.8 Å². The standard InChI is InChI=1S/C15H22BrNO3/c1-3-17-13(15-10-19-6-7-20-15)9-11-8-12(16)4-5-14(11)18-2/h4-5,8,13,15,17H,3,6-7,9-10H2,1-2H3. The predicted octanol–water partition coefficient (Wildman–Crippen LogP) is 2.39. The van der Waals surface area contributed by atoms with Crippen LogP contribution in [0.1, 0.15) is 12.5 Å². The SMILES string of the molecule is CCNC(Cc1cc(Br)ccc1OC)C1COCCO1. The van der Waals surface area contributed by atoms with Gasteiger partial charge < -0.3 is 19.5 Å². The van der Waals surface area contributed by atoms with E-state index < -0.39 is 0 Å². The summed E-state index contributed by atoms with van der Waals surface area (Å²) in [6, 6.07) is 6.31. The summed E-state index contributed by atoms with van der Waals surface area (Å²) in [5.41, 5.74) is 1.17. The number of hydrogen-bond donors (Lipinski definition) is 1. The Bertz CT molecular complexity index is 422. The van der Waals surface area contributed by atoms with E-state index in [2.05, 4.69) is 34.2 Å². The van der Waals surface area contributed by atoms with E-state index in [4.69, 9.17) is 14.2 Å². The maximum atomic E-state index is 5.83. The van der Waals surface area contributed by atoms with E-state index in [0.717, 1.165) is 23.2 Å². The molecule has 5 heteroatoms. The zero-order valence-corrected chi connectivity index (χ0v) is 13.6. The molecule has 1 N–H and O–H groups in total. The van der Waals surface area contributed by atoms with Crippen LogP contribution in [0.4, 0.5) is 0 Å². The Hall–Kier alpha value is -0.620. The van der Waals surface area contributed by atoms with Gasteiger partial charge in [-0.15, -0.1) is 0 Å². The van der Waals surface area contributed by atoms with Crippen molar-refractivity contribution in [3.63, 3.8) is 0 Å². The third kappa shape index (κ3) is 4.19. The quantitative estimate of drug-likeness (QED) is 0.860. The van der Waals surface area contributed by atoms with Crippen LogP contribution in [0.2, 0.25) is 0 Å². The normalized spacial score (nSPS) is 20.6. The van der Waals surface area contributed by atoms with E-state index in [9.17, 15) is 0 Å². The van der Waals surface area contributed by atoms with Crippen LogP contribution in [0, 0.1) is 0 Å². The molecule has 1 aromatic rings. The largest absolute Gasteiger partial charge is 0.496 e. The highest BCUT2D eigenvalue weighted by Gasteiger charge is 2.25. The number of hydrogen-bond acceptors (Lipinski definition) is 4. The fourth-order valence-electron chi connectivity index (χ4n) is 2.48. The molecule has 1 aromatic carbocycles. The van der Waals surface area contributed by atoms with Crippen molar-refractivity contribution in [2.45, 2.75) is 25.5 Å². The highest BCUT2D eigenvalue weighted by atomic mass is 79.9. The van der Waals surface area contributed by atoms with Crippen LogP contribution in [0.5, 0.6) is 5.75 Å². The van der Waals surface area contributed by atoms with Gasteiger partial charge in [-0.2, -0.15) is 0 Å². The third-order valence-corrected chi connectivity index (χ3v) is 3.93. The molecule has 112 valence electrons. The van der Waals surface area contributed by atoms with Crippen LogP contribution < -0.4 is 10.1 Å². The lowest BCUT2D eigenvalue weighted by Gasteiger charge is -2.31. The van der Waals surface area contributed by atoms with Crippen LogP contribution in [0.15, 0.2) is 22.7 Å². The molecule has 0 saturated carbocycles. The van der Waals surface area contributed by atoms with Gasteiger partial charge in [0.2, 0.25) is 0 Å². The number of nitrogens with one attached hydrogen (secondary N) is 1. The highest BCUT2D eigenvalue weighted by molar-refractivity contribution is 9.10. The fourth-order valence-corrected chi connectivity index (χ4v) is 2.89. The third-order valence-electron chi connectivity index (χ3n) is 3.44. The summed E-state index contributed by atoms with van der Waals surface area (Å²) in [5.74, 6) is 0.910. The molecule has 1 saturated heterocycles. The molecule has 1 aliphatic heterocycles. The lowest BCUT2D eigenvalue weighted by atomic mass is 10.00. The number of ether oxygens (including phenoxy) is 3. The molecule has 2 atom stereocenters. The Labute approximate surface area is 128 Å². The van der Waals surface area contributed by atoms with Gasteiger partial charge in [0, 0.05) is 10.5 Å². The number of methoxy groups -OCH3 is 1. The van der Waals surface area contributed by atoms with Gasteiger partial charge in [0.1, 0.15) is 5.75 Å². The first-order chi connectivity index (χ1) is 9.74. The van der Waals surface area contributed by atoms with Crippen LogP contribution in [0.3, 0.4) is 0 Å². The second-order valence-corrected chi connectivity index (χ2v) is 5.72. The Morgan fingerprint density at radius 1 is 1.45 bits per heavy atom. The average Bonchev–Trinajstić information content (AvgIpc) is 2.48. The molecule has 1 heterocycles. The summed E-state index contributed by atoms with van der Waals surface area (Å²) in [4.78, 5) is 0. The van der Waals surface area contributed by atoms with Crippen molar-refractivity contribution < 1.29 is 14.2 Å². The molecule has 4 nitrogen and oxygen atoms in total. The molecule has 0 radical (unpaired) electrons. The van der Waals surface area contributed by atoms with Crippen LogP contribution in [-0.4, -0.2) is 45.6 Å². The summed E-state index contributed by atoms with van der Waals surface area (Å²) in [7, 11) is 1.70. The number of halogens is 1. The van der Waals surface area contributed by atoms with E-state index >= 15 is 0 Å². The molecule has 0 aliphatic carbocycles. The first-order valence-corrected chi connectivity index (χ1v) is 7.79. The number of rotatable bonds is 6. The van der Waals surface area contributed by atoms with Crippen molar-refractivity contribution >= 4 is 15.9 Å². The smallest absolute Gasteiger partial charge is 0.122 e. The predicted molar refractivity (Wildman–Crippen MR) is 82.4 cm³/mol. The number of likely N-dealkylation sites (N-methyl/N-ethyl adjacent to an activating group) is 1. The molecule has 0 amide bonds. The summed E-state index contributed by atoms with van der Waals surface area (Å²) in [5, 5.41) is 3.50. The number of benzene rings is 1. The molecule has 2 unspecified atom stereocenters. The molecule has 1 aliphatic rings. The molecule has 0 aromatic heterocycles. The Morgan fingerprint density at radius 2 is 2.30 bits per heavy atom. The zero-order valence-electron chi connectivity index (χ0n) is 12.0. The van der Waals surface area contributed by atoms with Crippen molar-refractivity contribution in [3.8, 4) is 5.75 Å². The zero-order chi connectivity index (χ0) is 14.4. The Balaban J connectivity index is 2.12. The van der Waals surface area contributed by atoms with Crippen molar-refractivity contribution in [3.05, 3.63) is 28.2 Å². The monoisotopic (exact) mass is 343 g/mol. The minimum atomic E-state index is 0.0902. The Kier molecular flexibility index (Phi) is 6.29. The lowest BCUT2D eigenvalue weighted by molar-refractivity contribution is -0.101. The van der Waals surface area contributed by atoms with Gasteiger partial charge in [-0.3, -0.25) is 0 Å². The minimum absolute atomic E-state index is 0.0902. The minimum Gasteiger partial charge on any atom is -0.496 e. The van der Waals surface area contributed by atoms with Crippen LogP contribution in [-0.2, 0) is 15.9 Å². The van der Waals surface area contributed by atoms with Crippen LogP contribution >= 0.6 is 15.9 Å². The van der Waals surface area contributed by atoms with Crippen molar-refractivity contribution in [1.29, 1.82) is 0 Å².